The van der Waals surface area contributed by atoms with Crippen LogP contribution in [-0.4, -0.2) is 64.4 Å². The first-order valence-corrected chi connectivity index (χ1v) is 4.28. The van der Waals surface area contributed by atoms with Gasteiger partial charge in [-0.2, -0.15) is 8.42 Å². The van der Waals surface area contributed by atoms with Gasteiger partial charge in [-0.15, -0.1) is 0 Å². The van der Waals surface area contributed by atoms with Crippen LogP contribution in [-0.2, 0) is 10.1 Å². The van der Waals surface area contributed by atoms with E-state index in [1.165, 1.54) is 0 Å². The average molecular weight is 234 g/mol. The first-order chi connectivity index (χ1) is 5.41. The summed E-state index contributed by atoms with van der Waals surface area (Å²) in [5, 5.41) is 0. The van der Waals surface area contributed by atoms with E-state index in [0.29, 0.717) is 12.1 Å². The van der Waals surface area contributed by atoms with Gasteiger partial charge in [0.15, 0.2) is 11.6 Å². The van der Waals surface area contributed by atoms with Gasteiger partial charge < -0.3 is 0 Å². The van der Waals surface area contributed by atoms with Crippen molar-refractivity contribution in [2.24, 2.45) is 0 Å². The van der Waals surface area contributed by atoms with Gasteiger partial charge in [0.25, 0.3) is 10.1 Å². The Balaban J connectivity index is 0.00000144. The van der Waals surface area contributed by atoms with Crippen molar-refractivity contribution in [2.45, 2.75) is 4.90 Å². The molecule has 0 bridgehead atoms. The van der Waals surface area contributed by atoms with Crippen LogP contribution in [0, 0.1) is 11.6 Å². The molecule has 0 atom stereocenters. The van der Waals surface area contributed by atoms with Gasteiger partial charge in [0.1, 0.15) is 0 Å². The maximum absolute atomic E-state index is 12.4. The first kappa shape index (κ1) is 13.6. The summed E-state index contributed by atoms with van der Waals surface area (Å²) < 4.78 is 53.7. The summed E-state index contributed by atoms with van der Waals surface area (Å²) in [6.45, 7) is 0. The Hall–Kier alpha value is 0.626. The molecule has 3 nitrogen and oxygen atoms in total. The third kappa shape index (κ3) is 3.70. The Morgan fingerprint density at radius 3 is 2.08 bits per heavy atom. The van der Waals surface area contributed by atoms with Crippen molar-refractivity contribution in [3.63, 3.8) is 0 Å². The first-order valence-electron chi connectivity index (χ1n) is 2.84. The zero-order valence-corrected chi connectivity index (χ0v) is 6.48. The summed E-state index contributed by atoms with van der Waals surface area (Å²) in [5.74, 6) is -2.48. The molecule has 13 heavy (non-hydrogen) atoms. The fourth-order valence-electron chi connectivity index (χ4n) is 0.637. The van der Waals surface area contributed by atoms with Crippen LogP contribution in [0.5, 0.6) is 0 Å². The summed E-state index contributed by atoms with van der Waals surface area (Å²) in [4.78, 5) is -0.665. The number of benzene rings is 1. The molecule has 0 radical (unpaired) electrons. The summed E-state index contributed by atoms with van der Waals surface area (Å²) >= 11 is 0. The van der Waals surface area contributed by atoms with Crippen LogP contribution in [0.4, 0.5) is 8.78 Å². The molecule has 1 aromatic carbocycles. The molecule has 0 fully saturated rings. The van der Waals surface area contributed by atoms with Gasteiger partial charge in [-0.1, -0.05) is 0 Å². The SMILES string of the molecule is O=S(=O)(O)c1ccc(F)c(F)c1.[KH]. The number of hydrogen-bond donors (Lipinski definition) is 1. The maximum atomic E-state index is 12.4. The predicted octanol–water partition coefficient (Wildman–Crippen LogP) is 0.563. The third-order valence-corrected chi connectivity index (χ3v) is 2.04. The Labute approximate surface area is 116 Å². The molecule has 0 heterocycles. The van der Waals surface area contributed by atoms with E-state index in [4.69, 9.17) is 4.55 Å². The molecule has 1 rings (SSSR count). The van der Waals surface area contributed by atoms with Gasteiger partial charge in [0, 0.05) is 0 Å². The molecule has 0 aromatic heterocycles. The Morgan fingerprint density at radius 2 is 1.69 bits per heavy atom. The van der Waals surface area contributed by atoms with Gasteiger partial charge in [-0.05, 0) is 18.2 Å². The summed E-state index contributed by atoms with van der Waals surface area (Å²) in [6.07, 6.45) is 0. The second-order valence-corrected chi connectivity index (χ2v) is 3.47. The number of halogens is 2. The molecule has 0 aliphatic carbocycles. The molecule has 1 N–H and O–H groups in total. The normalized spacial score (nSPS) is 10.7. The van der Waals surface area contributed by atoms with Crippen LogP contribution in [0.15, 0.2) is 23.1 Å². The third-order valence-electron chi connectivity index (χ3n) is 1.19. The summed E-state index contributed by atoms with van der Waals surface area (Å²) in [7, 11) is -4.45. The molecule has 0 amide bonds. The predicted molar refractivity (Wildman–Crippen MR) is 43.3 cm³/mol. The van der Waals surface area contributed by atoms with Crippen LogP contribution in [0.1, 0.15) is 0 Å². The monoisotopic (exact) mass is 234 g/mol. The van der Waals surface area contributed by atoms with E-state index in [9.17, 15) is 17.2 Å². The van der Waals surface area contributed by atoms with Crippen molar-refractivity contribution in [1.82, 2.24) is 0 Å². The van der Waals surface area contributed by atoms with Crippen molar-refractivity contribution in [2.75, 3.05) is 0 Å². The fourth-order valence-corrected chi connectivity index (χ4v) is 1.13. The molecule has 68 valence electrons. The zero-order chi connectivity index (χ0) is 9.35. The van der Waals surface area contributed by atoms with Gasteiger partial charge in [-0.3, -0.25) is 4.55 Å². The Bertz CT molecular complexity index is 404. The van der Waals surface area contributed by atoms with E-state index in [1.807, 2.05) is 0 Å². The molecule has 0 saturated carbocycles. The standard InChI is InChI=1S/C6H4F2O3S.K.H/c7-5-2-1-4(3-6(5)8)12(9,10)11;;/h1-3H,(H,9,10,11);;. The molecule has 0 spiro atoms. The van der Waals surface area contributed by atoms with Crippen molar-refractivity contribution in [3.05, 3.63) is 29.8 Å². The van der Waals surface area contributed by atoms with Crippen molar-refractivity contribution in [1.29, 1.82) is 0 Å². The molecule has 0 saturated heterocycles. The molecule has 1 aromatic rings. The Morgan fingerprint density at radius 1 is 1.15 bits per heavy atom. The quantitative estimate of drug-likeness (QED) is 0.570. The molecular weight excluding hydrogens is 229 g/mol. The summed E-state index contributed by atoms with van der Waals surface area (Å²) in [5.41, 5.74) is 0. The van der Waals surface area contributed by atoms with E-state index < -0.39 is 26.6 Å². The van der Waals surface area contributed by atoms with Crippen LogP contribution < -0.4 is 0 Å². The fraction of sp³-hybridized carbons (Fsp3) is 0. The van der Waals surface area contributed by atoms with E-state index in [1.54, 1.807) is 0 Å². The Kier molecular flexibility index (Phi) is 5.16. The van der Waals surface area contributed by atoms with Gasteiger partial charge in [0.2, 0.25) is 0 Å². The van der Waals surface area contributed by atoms with Crippen LogP contribution >= 0.6 is 0 Å². The van der Waals surface area contributed by atoms with E-state index in [-0.39, 0.29) is 51.4 Å². The van der Waals surface area contributed by atoms with Crippen molar-refractivity contribution in [3.8, 4) is 0 Å². The van der Waals surface area contributed by atoms with Crippen molar-refractivity contribution >= 4 is 61.5 Å². The molecule has 0 aliphatic rings. The molecule has 0 unspecified atom stereocenters. The number of hydrogen-bond acceptors (Lipinski definition) is 2. The van der Waals surface area contributed by atoms with Crippen LogP contribution in [0.25, 0.3) is 0 Å². The van der Waals surface area contributed by atoms with E-state index >= 15 is 0 Å². The topological polar surface area (TPSA) is 54.4 Å². The van der Waals surface area contributed by atoms with E-state index in [0.717, 1.165) is 6.07 Å². The van der Waals surface area contributed by atoms with Crippen molar-refractivity contribution < 1.29 is 21.8 Å². The molecule has 0 aliphatic heterocycles. The second-order valence-electron chi connectivity index (χ2n) is 2.05. The molecule has 7 heteroatoms. The number of rotatable bonds is 1. The molecular formula is C6H5F2KO3S. The van der Waals surface area contributed by atoms with Crippen LogP contribution in [0.2, 0.25) is 0 Å². The second kappa shape index (κ2) is 4.92. The van der Waals surface area contributed by atoms with E-state index in [2.05, 4.69) is 0 Å². The average Bonchev–Trinajstić information content (AvgIpc) is 1.92. The van der Waals surface area contributed by atoms with Gasteiger partial charge in [0.05, 0.1) is 4.90 Å². The van der Waals surface area contributed by atoms with Crippen LogP contribution in [0.3, 0.4) is 0 Å². The minimum atomic E-state index is -4.45. The van der Waals surface area contributed by atoms with Gasteiger partial charge >= 0.3 is 51.4 Å². The van der Waals surface area contributed by atoms with Gasteiger partial charge in [-0.25, -0.2) is 8.78 Å². The minimum absolute atomic E-state index is 0. The summed E-state index contributed by atoms with van der Waals surface area (Å²) in [6, 6.07) is 1.80. The zero-order valence-electron chi connectivity index (χ0n) is 5.66.